The molecule has 1 aromatic rings. The molecule has 0 saturated heterocycles. The van der Waals surface area contributed by atoms with E-state index in [2.05, 4.69) is 25.9 Å². The fraction of sp³-hybridized carbons (Fsp3) is 0.429. The minimum Gasteiger partial charge on any atom is -0.461 e. The van der Waals surface area contributed by atoms with Crippen LogP contribution in [0.2, 0.25) is 0 Å². The average Bonchev–Trinajstić information content (AvgIpc) is 1.85. The molecule has 0 aliphatic heterocycles. The zero-order valence-electron chi connectivity index (χ0n) is 6.41. The van der Waals surface area contributed by atoms with Crippen molar-refractivity contribution >= 4 is 15.9 Å². The Morgan fingerprint density at radius 1 is 1.55 bits per heavy atom. The van der Waals surface area contributed by atoms with Crippen molar-refractivity contribution in [2.45, 2.75) is 20.0 Å². The number of rotatable bonds is 2. The van der Waals surface area contributed by atoms with Crippen LogP contribution in [0, 0.1) is 0 Å². The highest BCUT2D eigenvalue weighted by atomic mass is 79.9. The Morgan fingerprint density at radius 3 is 2.82 bits per heavy atom. The minimum absolute atomic E-state index is 0.115. The normalized spacial score (nSPS) is 10.2. The van der Waals surface area contributed by atoms with Crippen molar-refractivity contribution in [2.75, 3.05) is 0 Å². The van der Waals surface area contributed by atoms with Gasteiger partial charge in [0.25, 0.3) is 0 Å². The van der Waals surface area contributed by atoms with E-state index in [0.29, 0.717) is 6.01 Å². The van der Waals surface area contributed by atoms with Gasteiger partial charge < -0.3 is 4.74 Å². The Bertz CT molecular complexity index is 240. The maximum Gasteiger partial charge on any atom is 0.317 e. The monoisotopic (exact) mass is 216 g/mol. The molecule has 0 aliphatic carbocycles. The summed E-state index contributed by atoms with van der Waals surface area (Å²) in [6.45, 7) is 3.87. The van der Waals surface area contributed by atoms with Crippen LogP contribution in [0.4, 0.5) is 0 Å². The highest BCUT2D eigenvalue weighted by Crippen LogP contribution is 2.09. The maximum absolute atomic E-state index is 5.24. The molecule has 0 atom stereocenters. The van der Waals surface area contributed by atoms with Crippen molar-refractivity contribution in [3.05, 3.63) is 16.9 Å². The molecule has 11 heavy (non-hydrogen) atoms. The summed E-state index contributed by atoms with van der Waals surface area (Å²) in [6.07, 6.45) is 1.76. The van der Waals surface area contributed by atoms with Crippen molar-refractivity contribution in [2.24, 2.45) is 0 Å². The first-order valence-electron chi connectivity index (χ1n) is 3.33. The number of aromatic nitrogens is 2. The van der Waals surface area contributed by atoms with Crippen LogP contribution in [0.5, 0.6) is 6.01 Å². The lowest BCUT2D eigenvalue weighted by Gasteiger charge is -2.06. The molecule has 1 heterocycles. The van der Waals surface area contributed by atoms with Crippen LogP contribution < -0.4 is 4.74 Å². The van der Waals surface area contributed by atoms with E-state index in [1.54, 1.807) is 12.3 Å². The topological polar surface area (TPSA) is 35.0 Å². The smallest absolute Gasteiger partial charge is 0.317 e. The van der Waals surface area contributed by atoms with Gasteiger partial charge in [0.05, 0.1) is 6.10 Å². The fourth-order valence-electron chi connectivity index (χ4n) is 0.588. The molecule has 1 aromatic heterocycles. The van der Waals surface area contributed by atoms with Crippen LogP contribution in [0.15, 0.2) is 16.9 Å². The van der Waals surface area contributed by atoms with Gasteiger partial charge in [0.1, 0.15) is 4.60 Å². The molecular formula is C7H9BrN2O. The van der Waals surface area contributed by atoms with Crippen LogP contribution in [0.3, 0.4) is 0 Å². The molecule has 0 amide bonds. The summed E-state index contributed by atoms with van der Waals surface area (Å²) in [5.41, 5.74) is 0. The highest BCUT2D eigenvalue weighted by Gasteiger charge is 1.99. The number of nitrogens with zero attached hydrogens (tertiary/aromatic N) is 2. The van der Waals surface area contributed by atoms with E-state index in [0.717, 1.165) is 4.60 Å². The number of halogens is 1. The second-order valence-corrected chi connectivity index (χ2v) is 3.14. The van der Waals surface area contributed by atoms with Gasteiger partial charge in [-0.3, -0.25) is 0 Å². The lowest BCUT2D eigenvalue weighted by Crippen LogP contribution is -2.08. The molecule has 60 valence electrons. The number of hydrogen-bond acceptors (Lipinski definition) is 3. The van der Waals surface area contributed by atoms with Gasteiger partial charge in [-0.2, -0.15) is 4.98 Å². The second kappa shape index (κ2) is 3.67. The van der Waals surface area contributed by atoms with Crippen LogP contribution >= 0.6 is 15.9 Å². The van der Waals surface area contributed by atoms with Gasteiger partial charge in [0, 0.05) is 6.20 Å². The van der Waals surface area contributed by atoms with Gasteiger partial charge in [0.2, 0.25) is 0 Å². The van der Waals surface area contributed by atoms with Crippen molar-refractivity contribution in [1.29, 1.82) is 0 Å². The predicted molar refractivity (Wildman–Crippen MR) is 45.5 cm³/mol. The van der Waals surface area contributed by atoms with Gasteiger partial charge in [-0.1, -0.05) is 0 Å². The zero-order chi connectivity index (χ0) is 8.27. The van der Waals surface area contributed by atoms with E-state index in [9.17, 15) is 0 Å². The first-order chi connectivity index (χ1) is 5.18. The van der Waals surface area contributed by atoms with Gasteiger partial charge in [-0.15, -0.1) is 0 Å². The fourth-order valence-corrected chi connectivity index (χ4v) is 0.858. The number of hydrogen-bond donors (Lipinski definition) is 0. The molecule has 0 aliphatic rings. The van der Waals surface area contributed by atoms with Crippen LogP contribution in [0.1, 0.15) is 13.8 Å². The zero-order valence-corrected chi connectivity index (χ0v) is 8.00. The lowest BCUT2D eigenvalue weighted by atomic mass is 10.5. The van der Waals surface area contributed by atoms with Crippen LogP contribution in [-0.2, 0) is 0 Å². The lowest BCUT2D eigenvalue weighted by molar-refractivity contribution is 0.221. The Balaban J connectivity index is 2.71. The van der Waals surface area contributed by atoms with E-state index in [-0.39, 0.29) is 6.10 Å². The minimum atomic E-state index is 0.115. The van der Waals surface area contributed by atoms with Crippen LogP contribution in [0.25, 0.3) is 0 Å². The molecule has 1 rings (SSSR count). The summed E-state index contributed by atoms with van der Waals surface area (Å²) in [6, 6.07) is 2.17. The van der Waals surface area contributed by atoms with Gasteiger partial charge in [-0.05, 0) is 35.8 Å². The summed E-state index contributed by atoms with van der Waals surface area (Å²) in [7, 11) is 0. The Kier molecular flexibility index (Phi) is 2.82. The third-order valence-electron chi connectivity index (χ3n) is 0.941. The van der Waals surface area contributed by atoms with Gasteiger partial charge >= 0.3 is 6.01 Å². The number of ether oxygens (including phenoxy) is 1. The molecule has 3 nitrogen and oxygen atoms in total. The first kappa shape index (κ1) is 8.46. The van der Waals surface area contributed by atoms with Crippen molar-refractivity contribution in [3.63, 3.8) is 0 Å². The van der Waals surface area contributed by atoms with E-state index in [4.69, 9.17) is 4.74 Å². The van der Waals surface area contributed by atoms with Crippen molar-refractivity contribution in [3.8, 4) is 6.01 Å². The molecule has 0 aromatic carbocycles. The van der Waals surface area contributed by atoms with Gasteiger partial charge in [-0.25, -0.2) is 4.98 Å². The molecule has 0 fully saturated rings. The standard InChI is InChI=1S/C7H9BrN2O/c1-5(2)11-7-9-4-3-6(8)10-7/h3-5H,1-2H3. The summed E-state index contributed by atoms with van der Waals surface area (Å²) in [5.74, 6) is 0. The second-order valence-electron chi connectivity index (χ2n) is 2.33. The van der Waals surface area contributed by atoms with E-state index in [1.165, 1.54) is 0 Å². The van der Waals surface area contributed by atoms with E-state index >= 15 is 0 Å². The van der Waals surface area contributed by atoms with Crippen molar-refractivity contribution < 1.29 is 4.74 Å². The molecule has 0 radical (unpaired) electrons. The molecule has 4 heteroatoms. The molecule has 0 unspecified atom stereocenters. The summed E-state index contributed by atoms with van der Waals surface area (Å²) in [5, 5.41) is 0. The summed E-state index contributed by atoms with van der Waals surface area (Å²) < 4.78 is 5.98. The Morgan fingerprint density at radius 2 is 2.27 bits per heavy atom. The van der Waals surface area contributed by atoms with Gasteiger partial charge in [0.15, 0.2) is 0 Å². The molecule has 0 bridgehead atoms. The third kappa shape index (κ3) is 2.84. The quantitative estimate of drug-likeness (QED) is 0.711. The predicted octanol–water partition coefficient (Wildman–Crippen LogP) is 2.03. The highest BCUT2D eigenvalue weighted by molar-refractivity contribution is 9.10. The first-order valence-corrected chi connectivity index (χ1v) is 4.13. The molecular weight excluding hydrogens is 208 g/mol. The largest absolute Gasteiger partial charge is 0.461 e. The Labute approximate surface area is 73.9 Å². The third-order valence-corrected chi connectivity index (χ3v) is 1.38. The Hall–Kier alpha value is -0.640. The SMILES string of the molecule is CC(C)Oc1nccc(Br)n1. The summed E-state index contributed by atoms with van der Waals surface area (Å²) in [4.78, 5) is 7.91. The molecule has 0 saturated carbocycles. The van der Waals surface area contributed by atoms with E-state index < -0.39 is 0 Å². The van der Waals surface area contributed by atoms with Crippen molar-refractivity contribution in [1.82, 2.24) is 9.97 Å². The van der Waals surface area contributed by atoms with Crippen LogP contribution in [-0.4, -0.2) is 16.1 Å². The van der Waals surface area contributed by atoms with E-state index in [1.807, 2.05) is 13.8 Å². The molecule has 0 spiro atoms. The molecule has 0 N–H and O–H groups in total. The summed E-state index contributed by atoms with van der Waals surface area (Å²) >= 11 is 3.22. The average molecular weight is 217 g/mol. The maximum atomic E-state index is 5.24.